The number of carbonyl (C=O) groups excluding carboxylic acids is 2. The van der Waals surface area contributed by atoms with Gasteiger partial charge in [0.25, 0.3) is 0 Å². The number of nitrogens with one attached hydrogen (secondary N) is 1. The number of amides is 2. The van der Waals surface area contributed by atoms with Gasteiger partial charge in [0.1, 0.15) is 5.76 Å². The summed E-state index contributed by atoms with van der Waals surface area (Å²) in [5.74, 6) is 0.604. The summed E-state index contributed by atoms with van der Waals surface area (Å²) in [6.07, 6.45) is 4.01. The summed E-state index contributed by atoms with van der Waals surface area (Å²) in [5.41, 5.74) is 0. The van der Waals surface area contributed by atoms with Crippen LogP contribution < -0.4 is 5.32 Å². The fourth-order valence-electron chi connectivity index (χ4n) is 2.54. The van der Waals surface area contributed by atoms with Gasteiger partial charge in [-0.25, -0.2) is 0 Å². The van der Waals surface area contributed by atoms with Crippen molar-refractivity contribution >= 4 is 11.8 Å². The van der Waals surface area contributed by atoms with Gasteiger partial charge in [-0.2, -0.15) is 0 Å². The molecule has 6 nitrogen and oxygen atoms in total. The Morgan fingerprint density at radius 2 is 2.14 bits per heavy atom. The Morgan fingerprint density at radius 1 is 1.43 bits per heavy atom. The number of hydrogen-bond donors (Lipinski definition) is 1. The van der Waals surface area contributed by atoms with Crippen molar-refractivity contribution in [2.75, 3.05) is 33.2 Å². The first-order chi connectivity index (χ1) is 10.1. The summed E-state index contributed by atoms with van der Waals surface area (Å²) in [7, 11) is 1.62. The molecule has 1 unspecified atom stereocenters. The zero-order valence-electron chi connectivity index (χ0n) is 12.7. The second-order valence-corrected chi connectivity index (χ2v) is 5.45. The molecule has 0 saturated carbocycles. The molecule has 1 aromatic rings. The van der Waals surface area contributed by atoms with Crippen LogP contribution in [0.25, 0.3) is 0 Å². The molecule has 0 radical (unpaired) electrons. The zero-order chi connectivity index (χ0) is 15.2. The Kier molecular flexibility index (Phi) is 5.38. The number of rotatable bonds is 6. The minimum atomic E-state index is -0.150. The molecule has 1 saturated heterocycles. The predicted octanol–water partition coefficient (Wildman–Crippen LogP) is 1.01. The molecule has 0 aliphatic carbocycles. The van der Waals surface area contributed by atoms with Gasteiger partial charge in [-0.3, -0.25) is 14.5 Å². The molecule has 1 atom stereocenters. The van der Waals surface area contributed by atoms with Gasteiger partial charge in [0.2, 0.25) is 11.8 Å². The molecular weight excluding hydrogens is 270 g/mol. The van der Waals surface area contributed by atoms with E-state index < -0.39 is 0 Å². The van der Waals surface area contributed by atoms with E-state index in [0.717, 1.165) is 18.8 Å². The van der Waals surface area contributed by atoms with Crippen molar-refractivity contribution in [1.29, 1.82) is 0 Å². The lowest BCUT2D eigenvalue weighted by Crippen LogP contribution is -2.41. The average molecular weight is 293 g/mol. The molecule has 0 spiro atoms. The molecule has 1 aliphatic rings. The molecule has 21 heavy (non-hydrogen) atoms. The highest BCUT2D eigenvalue weighted by Gasteiger charge is 2.26. The maximum Gasteiger partial charge on any atom is 0.239 e. The summed E-state index contributed by atoms with van der Waals surface area (Å²) < 4.78 is 5.50. The monoisotopic (exact) mass is 293 g/mol. The highest BCUT2D eigenvalue weighted by atomic mass is 16.3. The van der Waals surface area contributed by atoms with Gasteiger partial charge in [0.05, 0.1) is 18.8 Å². The van der Waals surface area contributed by atoms with Crippen LogP contribution in [0.5, 0.6) is 0 Å². The minimum Gasteiger partial charge on any atom is -0.468 e. The molecule has 2 heterocycles. The van der Waals surface area contributed by atoms with E-state index in [0.29, 0.717) is 6.54 Å². The van der Waals surface area contributed by atoms with Crippen LogP contribution in [-0.4, -0.2) is 54.8 Å². The Morgan fingerprint density at radius 3 is 2.71 bits per heavy atom. The molecule has 1 fully saturated rings. The van der Waals surface area contributed by atoms with E-state index in [-0.39, 0.29) is 24.4 Å². The van der Waals surface area contributed by atoms with Crippen molar-refractivity contribution in [2.24, 2.45) is 0 Å². The van der Waals surface area contributed by atoms with Crippen molar-refractivity contribution in [1.82, 2.24) is 15.1 Å². The molecule has 0 bridgehead atoms. The summed E-state index contributed by atoms with van der Waals surface area (Å²) in [4.78, 5) is 26.8. The fourth-order valence-corrected chi connectivity index (χ4v) is 2.54. The molecule has 6 heteroatoms. The van der Waals surface area contributed by atoms with Crippen LogP contribution in [0.3, 0.4) is 0 Å². The number of carbonyl (C=O) groups is 2. The largest absolute Gasteiger partial charge is 0.468 e. The fraction of sp³-hybridized carbons (Fsp3) is 0.600. The minimum absolute atomic E-state index is 0.0640. The van der Waals surface area contributed by atoms with Crippen LogP contribution in [-0.2, 0) is 9.59 Å². The molecule has 1 aromatic heterocycles. The third kappa shape index (κ3) is 4.32. The molecule has 2 amide bonds. The molecule has 116 valence electrons. The Bertz CT molecular complexity index is 467. The van der Waals surface area contributed by atoms with Crippen LogP contribution in [0.15, 0.2) is 22.8 Å². The first-order valence-electron chi connectivity index (χ1n) is 7.34. The van der Waals surface area contributed by atoms with E-state index in [1.165, 1.54) is 24.7 Å². The van der Waals surface area contributed by atoms with Crippen LogP contribution in [0.2, 0.25) is 0 Å². The van der Waals surface area contributed by atoms with E-state index in [2.05, 4.69) is 10.2 Å². The van der Waals surface area contributed by atoms with Crippen molar-refractivity contribution in [2.45, 2.75) is 25.8 Å². The predicted molar refractivity (Wildman–Crippen MR) is 78.6 cm³/mol. The molecule has 1 aliphatic heterocycles. The smallest absolute Gasteiger partial charge is 0.239 e. The van der Waals surface area contributed by atoms with Gasteiger partial charge < -0.3 is 14.6 Å². The van der Waals surface area contributed by atoms with Gasteiger partial charge >= 0.3 is 0 Å². The van der Waals surface area contributed by atoms with E-state index in [9.17, 15) is 9.59 Å². The standard InChI is InChI=1S/C15H23N3O3/c1-12(19)17(2)11-15(20)16-10-13(14-6-5-9-21-14)18-7-3-4-8-18/h5-6,9,13H,3-4,7-8,10-11H2,1-2H3,(H,16,20). The van der Waals surface area contributed by atoms with E-state index in [4.69, 9.17) is 4.42 Å². The van der Waals surface area contributed by atoms with Crippen molar-refractivity contribution in [3.63, 3.8) is 0 Å². The summed E-state index contributed by atoms with van der Waals surface area (Å²) in [6.45, 7) is 4.07. The van der Waals surface area contributed by atoms with Gasteiger partial charge in [-0.05, 0) is 38.1 Å². The number of hydrogen-bond acceptors (Lipinski definition) is 4. The normalized spacial score (nSPS) is 16.7. The van der Waals surface area contributed by atoms with Crippen LogP contribution in [0.4, 0.5) is 0 Å². The summed E-state index contributed by atoms with van der Waals surface area (Å²) >= 11 is 0. The highest BCUT2D eigenvalue weighted by molar-refractivity contribution is 5.83. The number of likely N-dealkylation sites (N-methyl/N-ethyl adjacent to an activating group) is 1. The zero-order valence-corrected chi connectivity index (χ0v) is 12.7. The lowest BCUT2D eigenvalue weighted by Gasteiger charge is -2.26. The van der Waals surface area contributed by atoms with Crippen molar-refractivity contribution in [3.8, 4) is 0 Å². The lowest BCUT2D eigenvalue weighted by atomic mass is 10.2. The Balaban J connectivity index is 1.90. The van der Waals surface area contributed by atoms with E-state index >= 15 is 0 Å². The Labute approximate surface area is 125 Å². The summed E-state index contributed by atoms with van der Waals surface area (Å²) in [6, 6.07) is 3.87. The maximum atomic E-state index is 11.9. The molecule has 1 N–H and O–H groups in total. The van der Waals surface area contributed by atoms with Gasteiger partial charge in [-0.15, -0.1) is 0 Å². The average Bonchev–Trinajstić information content (AvgIpc) is 3.11. The molecule has 0 aromatic carbocycles. The Hall–Kier alpha value is -1.82. The van der Waals surface area contributed by atoms with Crippen molar-refractivity contribution in [3.05, 3.63) is 24.2 Å². The lowest BCUT2D eigenvalue weighted by molar-refractivity contribution is -0.133. The van der Waals surface area contributed by atoms with E-state index in [1.54, 1.807) is 13.3 Å². The summed E-state index contributed by atoms with van der Waals surface area (Å²) in [5, 5.41) is 2.90. The number of nitrogens with zero attached hydrogens (tertiary/aromatic N) is 2. The first kappa shape index (κ1) is 15.6. The number of furan rings is 1. The molecule has 2 rings (SSSR count). The molecular formula is C15H23N3O3. The maximum absolute atomic E-state index is 11.9. The number of likely N-dealkylation sites (tertiary alicyclic amines) is 1. The quantitative estimate of drug-likeness (QED) is 0.850. The van der Waals surface area contributed by atoms with E-state index in [1.807, 2.05) is 12.1 Å². The van der Waals surface area contributed by atoms with Gasteiger partial charge in [0, 0.05) is 20.5 Å². The highest BCUT2D eigenvalue weighted by Crippen LogP contribution is 2.24. The second kappa shape index (κ2) is 7.26. The third-order valence-corrected chi connectivity index (χ3v) is 3.86. The van der Waals surface area contributed by atoms with Crippen molar-refractivity contribution < 1.29 is 14.0 Å². The second-order valence-electron chi connectivity index (χ2n) is 5.45. The van der Waals surface area contributed by atoms with Crippen LogP contribution in [0.1, 0.15) is 31.6 Å². The third-order valence-electron chi connectivity index (χ3n) is 3.86. The van der Waals surface area contributed by atoms with Crippen LogP contribution >= 0.6 is 0 Å². The first-order valence-corrected chi connectivity index (χ1v) is 7.34. The topological polar surface area (TPSA) is 65.8 Å². The van der Waals surface area contributed by atoms with Gasteiger partial charge in [-0.1, -0.05) is 0 Å². The van der Waals surface area contributed by atoms with Crippen LogP contribution in [0, 0.1) is 0 Å². The van der Waals surface area contributed by atoms with Gasteiger partial charge in [0.15, 0.2) is 0 Å². The SMILES string of the molecule is CC(=O)N(C)CC(=O)NCC(c1ccco1)N1CCCC1.